The summed E-state index contributed by atoms with van der Waals surface area (Å²) in [6.45, 7) is 0. The molecule has 0 aromatic carbocycles. The van der Waals surface area contributed by atoms with Crippen molar-refractivity contribution in [1.29, 1.82) is 5.59 Å². The van der Waals surface area contributed by atoms with Gasteiger partial charge in [0.15, 0.2) is 0 Å². The molecule has 1 aromatic rings. The molecule has 8 heavy (non-hydrogen) atoms. The number of hydrogen-bond acceptors (Lipinski definition) is 5. The maximum atomic E-state index is 7.50. The molecule has 5 heteroatoms. The van der Waals surface area contributed by atoms with Gasteiger partial charge in [-0.15, -0.1) is 10.2 Å². The Kier molecular flexibility index (Phi) is 4.64. The van der Waals surface area contributed by atoms with Gasteiger partial charge in [0.25, 0.3) is 0 Å². The molecule has 0 unspecified atom stereocenters. The first-order valence-electron chi connectivity index (χ1n) is 1.79. The van der Waals surface area contributed by atoms with Gasteiger partial charge in [-0.1, -0.05) is 5.59 Å². The normalized spacial score (nSPS) is 6.50. The van der Waals surface area contributed by atoms with Crippen molar-refractivity contribution in [1.82, 2.24) is 15.4 Å². The third-order valence-electron chi connectivity index (χ3n) is 0.409. The van der Waals surface area contributed by atoms with E-state index >= 15 is 0 Å². The zero-order valence-electron chi connectivity index (χ0n) is 3.98. The topological polar surface area (TPSA) is 79.6 Å². The lowest BCUT2D eigenvalue weighted by Crippen LogP contribution is -1.78. The van der Waals surface area contributed by atoms with Crippen LogP contribution in [0.15, 0.2) is 18.5 Å². The van der Waals surface area contributed by atoms with Crippen LogP contribution in [0.1, 0.15) is 0 Å². The highest BCUT2D eigenvalue weighted by atomic mass is 16.2. The molecule has 0 aliphatic carbocycles. The van der Waals surface area contributed by atoms with Crippen LogP contribution in [-0.2, 0) is 0 Å². The minimum Gasteiger partial charge on any atom is -0.154 e. The largest absolute Gasteiger partial charge is 0.154 e. The molecule has 1 heterocycles. The summed E-state index contributed by atoms with van der Waals surface area (Å²) >= 11 is 0. The van der Waals surface area contributed by atoms with E-state index < -0.39 is 0 Å². The van der Waals surface area contributed by atoms with E-state index in [-0.39, 0.29) is 0 Å². The zero-order chi connectivity index (χ0) is 6.24. The van der Waals surface area contributed by atoms with E-state index in [1.165, 1.54) is 0 Å². The monoisotopic (exact) mass is 112 g/mol. The lowest BCUT2D eigenvalue weighted by molar-refractivity contribution is 0.865. The predicted octanol–water partition coefficient (Wildman–Crippen LogP) is 0.203. The second kappa shape index (κ2) is 5.61. The first-order chi connectivity index (χ1) is 4.00. The van der Waals surface area contributed by atoms with Crippen molar-refractivity contribution in [2.75, 3.05) is 0 Å². The minimum absolute atomic E-state index is 1.58. The quantitative estimate of drug-likeness (QED) is 0.486. The molecule has 0 aliphatic heterocycles. The third-order valence-corrected chi connectivity index (χ3v) is 0.409. The van der Waals surface area contributed by atoms with Gasteiger partial charge in [-0.3, -0.25) is 0 Å². The second-order valence-electron chi connectivity index (χ2n) is 0.811. The van der Waals surface area contributed by atoms with Crippen molar-refractivity contribution >= 4 is 0 Å². The molecule has 0 amide bonds. The summed E-state index contributed by atoms with van der Waals surface area (Å²) in [7, 11) is 0. The Morgan fingerprint density at radius 3 is 1.75 bits per heavy atom. The van der Waals surface area contributed by atoms with Crippen molar-refractivity contribution < 1.29 is 0 Å². The highest BCUT2D eigenvalue weighted by molar-refractivity contribution is 4.69. The predicted molar refractivity (Wildman–Crippen MR) is 25.9 cm³/mol. The van der Waals surface area contributed by atoms with E-state index in [2.05, 4.69) is 21.0 Å². The summed E-state index contributed by atoms with van der Waals surface area (Å²) < 4.78 is 0. The van der Waals surface area contributed by atoms with Crippen molar-refractivity contribution in [3.63, 3.8) is 0 Å². The van der Waals surface area contributed by atoms with E-state index in [1.807, 2.05) is 0 Å². The lowest BCUT2D eigenvalue weighted by atomic mass is 10.7. The fourth-order valence-electron chi connectivity index (χ4n) is 0.205. The Balaban J connectivity index is 0.000000222. The maximum absolute atomic E-state index is 7.50. The van der Waals surface area contributed by atoms with Crippen molar-refractivity contribution in [3.8, 4) is 0 Å². The fraction of sp³-hybridized carbons (Fsp3) is 0. The molecular weight excluding hydrogens is 108 g/mol. The fourth-order valence-corrected chi connectivity index (χ4v) is 0.205. The second-order valence-corrected chi connectivity index (χ2v) is 0.811. The average molecular weight is 112 g/mol. The molecular formula is C3H4N4O. The van der Waals surface area contributed by atoms with Crippen LogP contribution in [0.3, 0.4) is 0 Å². The van der Waals surface area contributed by atoms with Crippen LogP contribution in [0.2, 0.25) is 0 Å². The highest BCUT2D eigenvalue weighted by Gasteiger charge is 1.60. The lowest BCUT2D eigenvalue weighted by Gasteiger charge is -1.68. The van der Waals surface area contributed by atoms with Crippen molar-refractivity contribution in [2.45, 2.75) is 0 Å². The SMILES string of the molecule is N=O.c1cnnnc1. The smallest absolute Gasteiger partial charge is 0.0529 e. The van der Waals surface area contributed by atoms with E-state index in [9.17, 15) is 0 Å². The summed E-state index contributed by atoms with van der Waals surface area (Å²) in [5, 5.41) is 10.1. The molecule has 0 spiro atoms. The summed E-state index contributed by atoms with van der Waals surface area (Å²) in [4.78, 5) is 7.50. The third kappa shape index (κ3) is 2.83. The molecule has 1 rings (SSSR count). The van der Waals surface area contributed by atoms with Crippen LogP contribution in [0.5, 0.6) is 0 Å². The molecule has 0 atom stereocenters. The highest BCUT2D eigenvalue weighted by Crippen LogP contribution is 1.61. The van der Waals surface area contributed by atoms with E-state index in [1.54, 1.807) is 18.5 Å². The zero-order valence-corrected chi connectivity index (χ0v) is 3.98. The molecule has 1 N–H and O–H groups in total. The Morgan fingerprint density at radius 2 is 1.62 bits per heavy atom. The Bertz CT molecular complexity index is 94.1. The first kappa shape index (κ1) is 6.61. The Labute approximate surface area is 45.5 Å². The molecule has 0 aliphatic rings. The number of hydrogen-bond donors (Lipinski definition) is 1. The molecule has 5 nitrogen and oxygen atoms in total. The number of nitrogens with zero attached hydrogens (tertiary/aromatic N) is 3. The van der Waals surface area contributed by atoms with Crippen LogP contribution >= 0.6 is 0 Å². The minimum atomic E-state index is 1.58. The van der Waals surface area contributed by atoms with Gasteiger partial charge in [-0.2, -0.15) is 4.91 Å². The van der Waals surface area contributed by atoms with E-state index in [0.29, 0.717) is 0 Å². The first-order valence-corrected chi connectivity index (χ1v) is 1.79. The molecule has 0 bridgehead atoms. The molecule has 0 saturated heterocycles. The van der Waals surface area contributed by atoms with Crippen LogP contribution in [0.25, 0.3) is 0 Å². The summed E-state index contributed by atoms with van der Waals surface area (Å²) in [6, 6.07) is 1.72. The van der Waals surface area contributed by atoms with E-state index in [0.717, 1.165) is 0 Å². The summed E-state index contributed by atoms with van der Waals surface area (Å²) in [5.41, 5.74) is 4.50. The van der Waals surface area contributed by atoms with Crippen molar-refractivity contribution in [3.05, 3.63) is 23.4 Å². The van der Waals surface area contributed by atoms with Gasteiger partial charge in [0.05, 0.1) is 12.4 Å². The van der Waals surface area contributed by atoms with Gasteiger partial charge in [0, 0.05) is 0 Å². The van der Waals surface area contributed by atoms with Gasteiger partial charge in [-0.25, -0.2) is 0 Å². The number of nitrogens with one attached hydrogen (secondary N) is 1. The molecule has 0 fully saturated rings. The number of nitroso groups, excluding NO2 is 1. The standard InChI is InChI=1S/C3H3N3.HNO/c1-2-4-6-5-3-1;1-2/h1-3H;1H. The summed E-state index contributed by atoms with van der Waals surface area (Å²) in [5.74, 6) is 0. The summed E-state index contributed by atoms with van der Waals surface area (Å²) in [6.07, 6.45) is 3.15. The number of rotatable bonds is 0. The van der Waals surface area contributed by atoms with Gasteiger partial charge in [0.1, 0.15) is 0 Å². The van der Waals surface area contributed by atoms with Crippen LogP contribution in [-0.4, -0.2) is 15.4 Å². The average Bonchev–Trinajstić information content (AvgIpc) is 1.96. The molecule has 0 saturated carbocycles. The van der Waals surface area contributed by atoms with E-state index in [4.69, 9.17) is 4.91 Å². The van der Waals surface area contributed by atoms with Gasteiger partial charge < -0.3 is 0 Å². The van der Waals surface area contributed by atoms with Crippen LogP contribution in [0.4, 0.5) is 0 Å². The molecule has 0 radical (unpaired) electrons. The van der Waals surface area contributed by atoms with Crippen molar-refractivity contribution in [2.24, 2.45) is 0 Å². The molecule has 1 aromatic heterocycles. The van der Waals surface area contributed by atoms with Gasteiger partial charge in [-0.05, 0) is 11.3 Å². The Morgan fingerprint density at radius 1 is 1.12 bits per heavy atom. The van der Waals surface area contributed by atoms with Gasteiger partial charge in [0.2, 0.25) is 0 Å². The number of aromatic nitrogens is 3. The van der Waals surface area contributed by atoms with Crippen LogP contribution < -0.4 is 0 Å². The molecule has 42 valence electrons. The van der Waals surface area contributed by atoms with Crippen LogP contribution in [0, 0.1) is 10.5 Å². The Hall–Kier alpha value is -1.39. The maximum Gasteiger partial charge on any atom is 0.0529 e. The van der Waals surface area contributed by atoms with Gasteiger partial charge >= 0.3 is 0 Å².